The van der Waals surface area contributed by atoms with E-state index in [0.29, 0.717) is 4.90 Å². The lowest BCUT2D eigenvalue weighted by atomic mass is 10.1. The summed E-state index contributed by atoms with van der Waals surface area (Å²) in [5.41, 5.74) is 3.57. The SMILES string of the molecule is CCS(=O)(=O)c1ccc(C(C)NN)cc1. The highest BCUT2D eigenvalue weighted by atomic mass is 32.2. The summed E-state index contributed by atoms with van der Waals surface area (Å²) in [6.45, 7) is 3.54. The van der Waals surface area contributed by atoms with E-state index in [-0.39, 0.29) is 11.8 Å². The summed E-state index contributed by atoms with van der Waals surface area (Å²) in [6.07, 6.45) is 0. The van der Waals surface area contributed by atoms with Crippen LogP contribution in [0.25, 0.3) is 0 Å². The monoisotopic (exact) mass is 228 g/mol. The van der Waals surface area contributed by atoms with Crippen molar-refractivity contribution < 1.29 is 8.42 Å². The zero-order valence-electron chi connectivity index (χ0n) is 8.90. The Bertz CT molecular complexity index is 412. The van der Waals surface area contributed by atoms with Crippen LogP contribution in [0.1, 0.15) is 25.5 Å². The number of benzene rings is 1. The second-order valence-corrected chi connectivity index (χ2v) is 5.64. The van der Waals surface area contributed by atoms with Crippen molar-refractivity contribution in [2.75, 3.05) is 5.75 Å². The van der Waals surface area contributed by atoms with Crippen LogP contribution in [0.3, 0.4) is 0 Å². The summed E-state index contributed by atoms with van der Waals surface area (Å²) in [5.74, 6) is 5.41. The fourth-order valence-corrected chi connectivity index (χ4v) is 2.11. The second-order valence-electron chi connectivity index (χ2n) is 3.36. The van der Waals surface area contributed by atoms with Gasteiger partial charge in [-0.25, -0.2) is 8.42 Å². The molecule has 0 aliphatic heterocycles. The van der Waals surface area contributed by atoms with Gasteiger partial charge in [-0.15, -0.1) is 0 Å². The quantitative estimate of drug-likeness (QED) is 0.596. The highest BCUT2D eigenvalue weighted by Gasteiger charge is 2.11. The predicted molar refractivity (Wildman–Crippen MR) is 59.9 cm³/mol. The molecule has 0 saturated heterocycles. The highest BCUT2D eigenvalue weighted by molar-refractivity contribution is 7.91. The van der Waals surface area contributed by atoms with Crippen LogP contribution in [0.2, 0.25) is 0 Å². The Balaban J connectivity index is 3.00. The number of nitrogens with two attached hydrogens (primary N) is 1. The van der Waals surface area contributed by atoms with Gasteiger partial charge >= 0.3 is 0 Å². The van der Waals surface area contributed by atoms with Gasteiger partial charge in [0.05, 0.1) is 10.6 Å². The molecule has 4 nitrogen and oxygen atoms in total. The van der Waals surface area contributed by atoms with Crippen LogP contribution < -0.4 is 11.3 Å². The van der Waals surface area contributed by atoms with Gasteiger partial charge in [-0.05, 0) is 24.6 Å². The summed E-state index contributed by atoms with van der Waals surface area (Å²) in [6, 6.07) is 6.79. The van der Waals surface area contributed by atoms with Gasteiger partial charge in [0.1, 0.15) is 0 Å². The first-order valence-corrected chi connectivity index (χ1v) is 6.45. The lowest BCUT2D eigenvalue weighted by molar-refractivity contribution is 0.594. The van der Waals surface area contributed by atoms with Gasteiger partial charge in [-0.3, -0.25) is 11.3 Å². The Morgan fingerprint density at radius 3 is 2.27 bits per heavy atom. The standard InChI is InChI=1S/C10H16N2O2S/c1-3-15(13,14)10-6-4-9(5-7-10)8(2)12-11/h4-8,12H,3,11H2,1-2H3. The Labute approximate surface area is 90.4 Å². The molecule has 1 unspecified atom stereocenters. The van der Waals surface area contributed by atoms with Gasteiger partial charge in [0, 0.05) is 6.04 Å². The molecule has 1 aromatic carbocycles. The van der Waals surface area contributed by atoms with Crippen molar-refractivity contribution in [3.8, 4) is 0 Å². The molecule has 0 radical (unpaired) electrons. The summed E-state index contributed by atoms with van der Waals surface area (Å²) >= 11 is 0. The summed E-state index contributed by atoms with van der Waals surface area (Å²) in [4.78, 5) is 0.359. The Hall–Kier alpha value is -0.910. The molecular weight excluding hydrogens is 212 g/mol. The minimum atomic E-state index is -3.10. The van der Waals surface area contributed by atoms with Crippen molar-refractivity contribution in [2.24, 2.45) is 5.84 Å². The molecule has 1 rings (SSSR count). The molecular formula is C10H16N2O2S. The summed E-state index contributed by atoms with van der Waals surface area (Å²) in [7, 11) is -3.10. The van der Waals surface area contributed by atoms with Crippen molar-refractivity contribution in [1.82, 2.24) is 5.43 Å². The largest absolute Gasteiger partial charge is 0.271 e. The third kappa shape index (κ3) is 2.77. The average Bonchev–Trinajstić information content (AvgIpc) is 2.28. The number of nitrogens with one attached hydrogen (secondary N) is 1. The maximum absolute atomic E-state index is 11.5. The van der Waals surface area contributed by atoms with Gasteiger partial charge in [0.25, 0.3) is 0 Å². The fraction of sp³-hybridized carbons (Fsp3) is 0.400. The van der Waals surface area contributed by atoms with Crippen molar-refractivity contribution in [3.63, 3.8) is 0 Å². The van der Waals surface area contributed by atoms with E-state index in [2.05, 4.69) is 5.43 Å². The Morgan fingerprint density at radius 2 is 1.87 bits per heavy atom. The first-order chi connectivity index (χ1) is 7.01. The van der Waals surface area contributed by atoms with Crippen LogP contribution in [-0.4, -0.2) is 14.2 Å². The predicted octanol–water partition coefficient (Wildman–Crippen LogP) is 1.00. The Morgan fingerprint density at radius 1 is 1.33 bits per heavy atom. The van der Waals surface area contributed by atoms with E-state index in [9.17, 15) is 8.42 Å². The van der Waals surface area contributed by atoms with Crippen molar-refractivity contribution in [3.05, 3.63) is 29.8 Å². The molecule has 0 amide bonds. The van der Waals surface area contributed by atoms with Gasteiger partial charge < -0.3 is 0 Å². The first kappa shape index (κ1) is 12.2. The third-order valence-electron chi connectivity index (χ3n) is 2.37. The van der Waals surface area contributed by atoms with Crippen LogP contribution >= 0.6 is 0 Å². The maximum Gasteiger partial charge on any atom is 0.178 e. The second kappa shape index (κ2) is 4.74. The molecule has 0 heterocycles. The number of hydrogen-bond acceptors (Lipinski definition) is 4. The van der Waals surface area contributed by atoms with E-state index in [1.165, 1.54) is 0 Å². The molecule has 1 aromatic rings. The van der Waals surface area contributed by atoms with E-state index in [4.69, 9.17) is 5.84 Å². The van der Waals surface area contributed by atoms with Gasteiger partial charge in [0.15, 0.2) is 9.84 Å². The molecule has 0 saturated carbocycles. The first-order valence-electron chi connectivity index (χ1n) is 4.80. The molecule has 0 spiro atoms. The van der Waals surface area contributed by atoms with Crippen molar-refractivity contribution in [1.29, 1.82) is 0 Å². The fourth-order valence-electron chi connectivity index (χ4n) is 1.23. The minimum absolute atomic E-state index is 0.0170. The van der Waals surface area contributed by atoms with E-state index in [0.717, 1.165) is 5.56 Å². The smallest absolute Gasteiger partial charge is 0.178 e. The molecule has 3 N–H and O–H groups in total. The van der Waals surface area contributed by atoms with E-state index < -0.39 is 9.84 Å². The number of hydrogen-bond donors (Lipinski definition) is 2. The molecule has 0 fully saturated rings. The highest BCUT2D eigenvalue weighted by Crippen LogP contribution is 2.16. The van der Waals surface area contributed by atoms with Gasteiger partial charge in [0.2, 0.25) is 0 Å². The molecule has 15 heavy (non-hydrogen) atoms. The number of rotatable bonds is 4. The molecule has 0 aliphatic carbocycles. The van der Waals surface area contributed by atoms with Crippen molar-refractivity contribution >= 4 is 9.84 Å². The molecule has 5 heteroatoms. The average molecular weight is 228 g/mol. The summed E-state index contributed by atoms with van der Waals surface area (Å²) in [5, 5.41) is 0. The van der Waals surface area contributed by atoms with E-state index in [1.54, 1.807) is 31.2 Å². The molecule has 84 valence electrons. The van der Waals surface area contributed by atoms with Gasteiger partial charge in [-0.2, -0.15) is 0 Å². The molecule has 0 bridgehead atoms. The molecule has 0 aromatic heterocycles. The zero-order valence-corrected chi connectivity index (χ0v) is 9.71. The third-order valence-corrected chi connectivity index (χ3v) is 4.12. The van der Waals surface area contributed by atoms with Crippen LogP contribution in [-0.2, 0) is 9.84 Å². The lowest BCUT2D eigenvalue weighted by Crippen LogP contribution is -2.25. The zero-order chi connectivity index (χ0) is 11.5. The summed E-state index contributed by atoms with van der Waals surface area (Å²) < 4.78 is 23.0. The molecule has 0 aliphatic rings. The number of sulfone groups is 1. The Kier molecular flexibility index (Phi) is 3.84. The van der Waals surface area contributed by atoms with Crippen LogP contribution in [0.5, 0.6) is 0 Å². The van der Waals surface area contributed by atoms with Gasteiger partial charge in [-0.1, -0.05) is 19.1 Å². The number of hydrazine groups is 1. The topological polar surface area (TPSA) is 72.2 Å². The lowest BCUT2D eigenvalue weighted by Gasteiger charge is -2.10. The molecule has 1 atom stereocenters. The van der Waals surface area contributed by atoms with E-state index >= 15 is 0 Å². The van der Waals surface area contributed by atoms with Crippen molar-refractivity contribution in [2.45, 2.75) is 24.8 Å². The van der Waals surface area contributed by atoms with Crippen LogP contribution in [0, 0.1) is 0 Å². The van der Waals surface area contributed by atoms with Crippen LogP contribution in [0.15, 0.2) is 29.2 Å². The maximum atomic E-state index is 11.5. The van der Waals surface area contributed by atoms with E-state index in [1.807, 2.05) is 6.92 Å². The minimum Gasteiger partial charge on any atom is -0.271 e. The normalized spacial score (nSPS) is 13.8. The van der Waals surface area contributed by atoms with Crippen LogP contribution in [0.4, 0.5) is 0 Å².